The van der Waals surface area contributed by atoms with E-state index in [-0.39, 0.29) is 18.1 Å². The third kappa shape index (κ3) is 2.96. The lowest BCUT2D eigenvalue weighted by Gasteiger charge is -2.26. The Balaban J connectivity index is 2.10. The van der Waals surface area contributed by atoms with Gasteiger partial charge in [0.2, 0.25) is 5.91 Å². The number of amides is 1. The molecular weight excluding hydrogens is 264 g/mol. The van der Waals surface area contributed by atoms with E-state index in [1.807, 2.05) is 6.92 Å². The van der Waals surface area contributed by atoms with Crippen LogP contribution in [0.15, 0.2) is 0 Å². The maximum Gasteiger partial charge on any atom is 0.360 e. The van der Waals surface area contributed by atoms with Crippen molar-refractivity contribution in [1.82, 2.24) is 19.9 Å². The number of nitrogens with zero attached hydrogens (tertiary/aromatic N) is 4. The fourth-order valence-corrected chi connectivity index (χ4v) is 2.11. The molecular formula is C12H18N4O4. The van der Waals surface area contributed by atoms with E-state index in [9.17, 15) is 9.59 Å². The molecule has 1 saturated heterocycles. The van der Waals surface area contributed by atoms with Gasteiger partial charge in [0.25, 0.3) is 0 Å². The van der Waals surface area contributed by atoms with Crippen LogP contribution in [-0.4, -0.2) is 65.2 Å². The van der Waals surface area contributed by atoms with E-state index in [1.165, 1.54) is 11.8 Å². The van der Waals surface area contributed by atoms with E-state index in [4.69, 9.17) is 4.74 Å². The molecule has 1 aromatic rings. The third-order valence-electron chi connectivity index (χ3n) is 3.20. The van der Waals surface area contributed by atoms with Crippen LogP contribution < -0.4 is 0 Å². The van der Waals surface area contributed by atoms with Crippen molar-refractivity contribution in [1.29, 1.82) is 0 Å². The van der Waals surface area contributed by atoms with Crippen molar-refractivity contribution in [2.45, 2.75) is 19.9 Å². The number of ether oxygens (including phenoxy) is 2. The van der Waals surface area contributed by atoms with Crippen LogP contribution in [0.25, 0.3) is 0 Å². The van der Waals surface area contributed by atoms with Gasteiger partial charge in [-0.1, -0.05) is 12.1 Å². The average Bonchev–Trinajstić information content (AvgIpc) is 2.89. The highest BCUT2D eigenvalue weighted by Crippen LogP contribution is 2.09. The first-order chi connectivity index (χ1) is 9.67. The summed E-state index contributed by atoms with van der Waals surface area (Å²) >= 11 is 0. The summed E-state index contributed by atoms with van der Waals surface area (Å²) in [6.45, 7) is 4.22. The average molecular weight is 282 g/mol. The van der Waals surface area contributed by atoms with Crippen molar-refractivity contribution in [3.05, 3.63) is 11.4 Å². The van der Waals surface area contributed by atoms with Gasteiger partial charge in [0.05, 0.1) is 26.0 Å². The summed E-state index contributed by atoms with van der Waals surface area (Å²) in [6, 6.07) is 0. The van der Waals surface area contributed by atoms with E-state index in [0.717, 1.165) is 0 Å². The van der Waals surface area contributed by atoms with Gasteiger partial charge in [-0.15, -0.1) is 5.10 Å². The highest BCUT2D eigenvalue weighted by Gasteiger charge is 2.22. The van der Waals surface area contributed by atoms with E-state index >= 15 is 0 Å². The van der Waals surface area contributed by atoms with Crippen molar-refractivity contribution in [3.63, 3.8) is 0 Å². The fraction of sp³-hybridized carbons (Fsp3) is 0.667. The van der Waals surface area contributed by atoms with Crippen molar-refractivity contribution in [2.75, 3.05) is 33.4 Å². The lowest BCUT2D eigenvalue weighted by Crippen LogP contribution is -2.42. The maximum atomic E-state index is 12.1. The van der Waals surface area contributed by atoms with Crippen molar-refractivity contribution in [2.24, 2.45) is 0 Å². The first kappa shape index (κ1) is 14.4. The number of carbonyl (C=O) groups is 2. The maximum absolute atomic E-state index is 12.1. The second-order valence-electron chi connectivity index (χ2n) is 4.38. The van der Waals surface area contributed by atoms with Gasteiger partial charge in [-0.2, -0.15) is 0 Å². The van der Waals surface area contributed by atoms with E-state index in [1.54, 1.807) is 4.90 Å². The van der Waals surface area contributed by atoms with Crippen LogP contribution in [0.2, 0.25) is 0 Å². The monoisotopic (exact) mass is 282 g/mol. The van der Waals surface area contributed by atoms with E-state index < -0.39 is 5.97 Å². The lowest BCUT2D eigenvalue weighted by atomic mass is 10.2. The number of aromatic nitrogens is 3. The molecule has 1 aromatic heterocycles. The molecule has 0 saturated carbocycles. The third-order valence-corrected chi connectivity index (χ3v) is 3.20. The molecule has 2 rings (SSSR count). The first-order valence-electron chi connectivity index (χ1n) is 6.53. The molecule has 0 bridgehead atoms. The van der Waals surface area contributed by atoms with Crippen LogP contribution in [0.4, 0.5) is 0 Å². The molecule has 2 heterocycles. The number of hydrogen-bond acceptors (Lipinski definition) is 6. The first-order valence-corrected chi connectivity index (χ1v) is 6.53. The Labute approximate surface area is 116 Å². The summed E-state index contributed by atoms with van der Waals surface area (Å²) in [4.78, 5) is 25.4. The van der Waals surface area contributed by atoms with Gasteiger partial charge in [0.1, 0.15) is 6.54 Å². The molecule has 0 unspecified atom stereocenters. The van der Waals surface area contributed by atoms with Crippen molar-refractivity contribution < 1.29 is 19.1 Å². The Bertz CT molecular complexity index is 494. The van der Waals surface area contributed by atoms with E-state index in [2.05, 4.69) is 15.0 Å². The Morgan fingerprint density at radius 3 is 2.65 bits per heavy atom. The highest BCUT2D eigenvalue weighted by molar-refractivity contribution is 5.88. The van der Waals surface area contributed by atoms with Gasteiger partial charge in [-0.3, -0.25) is 4.79 Å². The molecule has 0 radical (unpaired) electrons. The topological polar surface area (TPSA) is 86.5 Å². The van der Waals surface area contributed by atoms with Gasteiger partial charge in [-0.05, 0) is 6.42 Å². The summed E-state index contributed by atoms with van der Waals surface area (Å²) < 4.78 is 11.3. The number of methoxy groups -OCH3 is 1. The van der Waals surface area contributed by atoms with Gasteiger partial charge < -0.3 is 14.4 Å². The molecule has 20 heavy (non-hydrogen) atoms. The van der Waals surface area contributed by atoms with Crippen LogP contribution in [0.3, 0.4) is 0 Å². The van der Waals surface area contributed by atoms with E-state index in [0.29, 0.717) is 38.4 Å². The summed E-state index contributed by atoms with van der Waals surface area (Å²) in [7, 11) is 1.29. The number of esters is 1. The Kier molecular flexibility index (Phi) is 4.67. The lowest BCUT2D eigenvalue weighted by molar-refractivity contribution is -0.136. The quantitative estimate of drug-likeness (QED) is 0.691. The normalized spacial score (nSPS) is 15.2. The minimum atomic E-state index is -0.535. The summed E-state index contributed by atoms with van der Waals surface area (Å²) in [5, 5.41) is 7.68. The minimum absolute atomic E-state index is 0.0516. The van der Waals surface area contributed by atoms with Crippen LogP contribution in [0.1, 0.15) is 23.1 Å². The zero-order valence-corrected chi connectivity index (χ0v) is 11.7. The summed E-state index contributed by atoms with van der Waals surface area (Å²) in [5.41, 5.74) is 0.781. The summed E-state index contributed by atoms with van der Waals surface area (Å²) in [6.07, 6.45) is 0.549. The van der Waals surface area contributed by atoms with Crippen LogP contribution in [-0.2, 0) is 27.2 Å². The number of rotatable bonds is 4. The second kappa shape index (κ2) is 6.47. The number of morpholine rings is 1. The zero-order chi connectivity index (χ0) is 14.5. The molecule has 0 N–H and O–H groups in total. The van der Waals surface area contributed by atoms with Crippen LogP contribution in [0, 0.1) is 0 Å². The summed E-state index contributed by atoms with van der Waals surface area (Å²) in [5.74, 6) is -0.587. The second-order valence-corrected chi connectivity index (χ2v) is 4.38. The van der Waals surface area contributed by atoms with Gasteiger partial charge in [0, 0.05) is 13.1 Å². The molecule has 1 amide bonds. The predicted octanol–water partition coefficient (Wildman–Crippen LogP) is -0.514. The fourth-order valence-electron chi connectivity index (χ4n) is 2.11. The van der Waals surface area contributed by atoms with Crippen LogP contribution in [0.5, 0.6) is 0 Å². The molecule has 8 nitrogen and oxygen atoms in total. The zero-order valence-electron chi connectivity index (χ0n) is 11.7. The molecule has 0 atom stereocenters. The van der Waals surface area contributed by atoms with Crippen LogP contribution >= 0.6 is 0 Å². The SMILES string of the molecule is CCc1c(C(=O)OC)nnn1CC(=O)N1CCOCC1. The molecule has 1 aliphatic heterocycles. The largest absolute Gasteiger partial charge is 0.464 e. The van der Waals surface area contributed by atoms with Crippen molar-refractivity contribution in [3.8, 4) is 0 Å². The number of hydrogen-bond donors (Lipinski definition) is 0. The minimum Gasteiger partial charge on any atom is -0.464 e. The molecule has 1 fully saturated rings. The van der Waals surface area contributed by atoms with Gasteiger partial charge in [0.15, 0.2) is 5.69 Å². The Morgan fingerprint density at radius 1 is 1.35 bits per heavy atom. The highest BCUT2D eigenvalue weighted by atomic mass is 16.5. The molecule has 0 aliphatic carbocycles. The van der Waals surface area contributed by atoms with Crippen molar-refractivity contribution >= 4 is 11.9 Å². The molecule has 1 aliphatic rings. The molecule has 0 spiro atoms. The predicted molar refractivity (Wildman–Crippen MR) is 68.1 cm³/mol. The Hall–Kier alpha value is -1.96. The number of carbonyl (C=O) groups excluding carboxylic acids is 2. The van der Waals surface area contributed by atoms with Gasteiger partial charge >= 0.3 is 5.97 Å². The smallest absolute Gasteiger partial charge is 0.360 e. The Morgan fingerprint density at radius 2 is 2.05 bits per heavy atom. The molecule has 110 valence electrons. The standard InChI is InChI=1S/C12H18N4O4/c1-3-9-11(12(18)19-2)13-14-16(9)8-10(17)15-4-6-20-7-5-15/h3-8H2,1-2H3. The molecule has 8 heteroatoms. The molecule has 0 aromatic carbocycles. The van der Waals surface area contributed by atoms with Gasteiger partial charge in [-0.25, -0.2) is 9.48 Å².